The van der Waals surface area contributed by atoms with Crippen molar-refractivity contribution < 1.29 is 13.7 Å². The molecule has 0 amide bonds. The van der Waals surface area contributed by atoms with E-state index >= 15 is 0 Å². The summed E-state index contributed by atoms with van der Waals surface area (Å²) in [7, 11) is 3.00. The first-order valence-electron chi connectivity index (χ1n) is 11.2. The summed E-state index contributed by atoms with van der Waals surface area (Å²) in [5.41, 5.74) is 8.48. The Morgan fingerprint density at radius 2 is 1.86 bits per heavy atom. The highest BCUT2D eigenvalue weighted by Gasteiger charge is 2.18. The Labute approximate surface area is 205 Å². The third-order valence-electron chi connectivity index (χ3n) is 5.21. The molecule has 0 aliphatic heterocycles. The molecule has 9 nitrogen and oxygen atoms in total. The van der Waals surface area contributed by atoms with Gasteiger partial charge < -0.3 is 35.9 Å². The summed E-state index contributed by atoms with van der Waals surface area (Å²) in [4.78, 5) is 10.5. The van der Waals surface area contributed by atoms with Crippen LogP contribution in [0.3, 0.4) is 0 Å². The van der Waals surface area contributed by atoms with Crippen LogP contribution >= 0.6 is 7.14 Å². The summed E-state index contributed by atoms with van der Waals surface area (Å²) in [5, 5.41) is 9.99. The van der Waals surface area contributed by atoms with Gasteiger partial charge in [-0.2, -0.15) is 4.98 Å². The second-order valence-electron chi connectivity index (χ2n) is 8.70. The fraction of sp³-hybridized carbons (Fsp3) is 0.333. The van der Waals surface area contributed by atoms with Gasteiger partial charge in [-0.3, -0.25) is 0 Å². The minimum atomic E-state index is -2.59. The lowest BCUT2D eigenvalue weighted by Gasteiger charge is -2.19. The fourth-order valence-electron chi connectivity index (χ4n) is 3.51. The Kier molecular flexibility index (Phi) is 8.53. The molecule has 0 aliphatic carbocycles. The van der Waals surface area contributed by atoms with Crippen LogP contribution in [0.4, 0.5) is 38.9 Å². The van der Waals surface area contributed by atoms with Crippen molar-refractivity contribution in [2.45, 2.75) is 6.42 Å². The van der Waals surface area contributed by atoms with E-state index in [1.165, 1.54) is 0 Å². The van der Waals surface area contributed by atoms with Crippen LogP contribution in [-0.4, -0.2) is 62.5 Å². The van der Waals surface area contributed by atoms with Crippen LogP contribution in [0.25, 0.3) is 0 Å². The molecule has 3 aromatic rings. The molecule has 35 heavy (non-hydrogen) atoms. The molecular weight excluding hydrogens is 468 g/mol. The molecule has 188 valence electrons. The third kappa shape index (κ3) is 6.83. The monoisotopic (exact) mass is 501 g/mol. The number of rotatable bonds is 11. The molecule has 0 spiro atoms. The first-order chi connectivity index (χ1) is 16.6. The van der Waals surface area contributed by atoms with Crippen molar-refractivity contribution in [1.29, 1.82) is 0 Å². The van der Waals surface area contributed by atoms with Crippen molar-refractivity contribution in [2.24, 2.45) is 0 Å². The predicted octanol–water partition coefficient (Wildman–Crippen LogP) is 4.31. The van der Waals surface area contributed by atoms with E-state index in [1.54, 1.807) is 56.8 Å². The minimum Gasteiger partial charge on any atom is -0.492 e. The summed E-state index contributed by atoms with van der Waals surface area (Å²) in [6.07, 6.45) is 2.00. The average Bonchev–Trinajstić information content (AvgIpc) is 2.80. The number of nitrogen functional groups attached to an aromatic ring is 1. The maximum absolute atomic E-state index is 14.6. The van der Waals surface area contributed by atoms with Crippen LogP contribution in [0.2, 0.25) is 0 Å². The Hall–Kier alpha value is -3.36. The number of hydrogen-bond donors (Lipinski definition) is 4. The zero-order valence-electron chi connectivity index (χ0n) is 20.7. The number of nitrogens with one attached hydrogen (secondary N) is 3. The van der Waals surface area contributed by atoms with Gasteiger partial charge in [0, 0.05) is 11.8 Å². The topological polar surface area (TPSA) is 117 Å². The molecule has 0 bridgehead atoms. The largest absolute Gasteiger partial charge is 0.492 e. The lowest BCUT2D eigenvalue weighted by atomic mass is 10.2. The van der Waals surface area contributed by atoms with Gasteiger partial charge in [-0.25, -0.2) is 9.37 Å². The van der Waals surface area contributed by atoms with Crippen molar-refractivity contribution in [3.8, 4) is 5.75 Å². The van der Waals surface area contributed by atoms with E-state index in [4.69, 9.17) is 10.5 Å². The quantitative estimate of drug-likeness (QED) is 0.173. The molecule has 0 radical (unpaired) electrons. The maximum atomic E-state index is 14.6. The van der Waals surface area contributed by atoms with Gasteiger partial charge in [0.15, 0.2) is 17.4 Å². The number of methoxy groups -OCH3 is 1. The van der Waals surface area contributed by atoms with Gasteiger partial charge in [0.05, 0.1) is 30.4 Å². The average molecular weight is 502 g/mol. The van der Waals surface area contributed by atoms with Crippen LogP contribution in [0.1, 0.15) is 6.42 Å². The third-order valence-corrected chi connectivity index (χ3v) is 6.76. The smallest absolute Gasteiger partial charge is 0.229 e. The van der Waals surface area contributed by atoms with Gasteiger partial charge in [-0.15, -0.1) is 0 Å². The molecule has 0 saturated heterocycles. The number of anilines is 6. The first-order valence-corrected chi connectivity index (χ1v) is 13.8. The second kappa shape index (κ2) is 11.4. The van der Waals surface area contributed by atoms with Crippen LogP contribution in [0, 0.1) is 5.82 Å². The molecule has 1 aromatic heterocycles. The zero-order chi connectivity index (χ0) is 25.6. The standard InChI is InChI=1S/C24H33FN7O2P/c1-32(2)14-8-13-27-21-17(26)11-12-19(22(21)34-3)30-24-28-15-16(25)23(31-24)29-18-9-6-7-10-20(18)35(4,5)33/h6-7,9-12,15,27H,8,13-14,26H2,1-5H3,(H2,28,29,30,31). The van der Waals surface area contributed by atoms with Crippen LogP contribution in [-0.2, 0) is 4.57 Å². The first kappa shape index (κ1) is 26.2. The fourth-order valence-corrected chi connectivity index (χ4v) is 4.67. The van der Waals surface area contributed by atoms with E-state index in [0.29, 0.717) is 40.3 Å². The van der Waals surface area contributed by atoms with Crippen molar-refractivity contribution >= 4 is 47.0 Å². The van der Waals surface area contributed by atoms with Gasteiger partial charge in [0.25, 0.3) is 0 Å². The van der Waals surface area contributed by atoms with Crippen LogP contribution < -0.4 is 31.7 Å². The number of aromatic nitrogens is 2. The molecule has 11 heteroatoms. The number of nitrogens with zero attached hydrogens (tertiary/aromatic N) is 3. The van der Waals surface area contributed by atoms with Crippen LogP contribution in [0.5, 0.6) is 5.75 Å². The summed E-state index contributed by atoms with van der Waals surface area (Å²) >= 11 is 0. The van der Waals surface area contributed by atoms with E-state index in [-0.39, 0.29) is 11.8 Å². The SMILES string of the molecule is COc1c(Nc2ncc(F)c(Nc3ccccc3P(C)(C)=O)n2)ccc(N)c1NCCCN(C)C. The highest BCUT2D eigenvalue weighted by Crippen LogP contribution is 2.40. The predicted molar refractivity (Wildman–Crippen MR) is 143 cm³/mol. The Morgan fingerprint density at radius 1 is 1.11 bits per heavy atom. The van der Waals surface area contributed by atoms with E-state index in [2.05, 4.69) is 30.8 Å². The van der Waals surface area contributed by atoms with Crippen molar-refractivity contribution in [1.82, 2.24) is 14.9 Å². The number of nitrogens with two attached hydrogens (primary N) is 1. The highest BCUT2D eigenvalue weighted by atomic mass is 31.2. The van der Waals surface area contributed by atoms with E-state index in [9.17, 15) is 8.96 Å². The van der Waals surface area contributed by atoms with E-state index in [0.717, 1.165) is 19.2 Å². The minimum absolute atomic E-state index is 0.0418. The summed E-state index contributed by atoms with van der Waals surface area (Å²) in [6, 6.07) is 10.6. The molecule has 0 saturated carbocycles. The van der Waals surface area contributed by atoms with Crippen molar-refractivity contribution in [2.75, 3.05) is 69.3 Å². The maximum Gasteiger partial charge on any atom is 0.229 e. The molecule has 5 N–H and O–H groups in total. The number of para-hydroxylation sites is 1. The normalized spacial score (nSPS) is 11.4. The van der Waals surface area contributed by atoms with Crippen LogP contribution in [0.15, 0.2) is 42.6 Å². The van der Waals surface area contributed by atoms with E-state index < -0.39 is 13.0 Å². The Morgan fingerprint density at radius 3 is 2.54 bits per heavy atom. The van der Waals surface area contributed by atoms with Crippen molar-refractivity contribution in [3.05, 3.63) is 48.4 Å². The molecule has 3 rings (SSSR count). The molecule has 0 aliphatic rings. The second-order valence-corrected chi connectivity index (χ2v) is 11.9. The van der Waals surface area contributed by atoms with Crippen molar-refractivity contribution in [3.63, 3.8) is 0 Å². The molecule has 2 aromatic carbocycles. The molecule has 0 atom stereocenters. The van der Waals surface area contributed by atoms with Gasteiger partial charge >= 0.3 is 0 Å². The number of halogens is 1. The highest BCUT2D eigenvalue weighted by molar-refractivity contribution is 7.70. The number of hydrogen-bond acceptors (Lipinski definition) is 9. The van der Waals surface area contributed by atoms with E-state index in [1.807, 2.05) is 14.1 Å². The molecule has 0 unspecified atom stereocenters. The molecular formula is C24H33FN7O2P. The summed E-state index contributed by atoms with van der Waals surface area (Å²) in [5.74, 6) is -0.0236. The molecule has 1 heterocycles. The summed E-state index contributed by atoms with van der Waals surface area (Å²) in [6.45, 7) is 4.97. The van der Waals surface area contributed by atoms with Gasteiger partial charge in [0.1, 0.15) is 12.8 Å². The lowest BCUT2D eigenvalue weighted by Crippen LogP contribution is -2.17. The summed E-state index contributed by atoms with van der Waals surface area (Å²) < 4.78 is 32.9. The number of ether oxygens (including phenoxy) is 1. The molecule has 0 fully saturated rings. The zero-order valence-corrected chi connectivity index (χ0v) is 21.6. The van der Waals surface area contributed by atoms with Gasteiger partial charge in [-0.05, 0) is 64.7 Å². The number of benzene rings is 2. The van der Waals surface area contributed by atoms with Gasteiger partial charge in [0.2, 0.25) is 5.95 Å². The lowest BCUT2D eigenvalue weighted by molar-refractivity contribution is 0.404. The Balaban J connectivity index is 1.86. The van der Waals surface area contributed by atoms with Gasteiger partial charge in [-0.1, -0.05) is 12.1 Å². The Bertz CT molecular complexity index is 1220.